The first-order chi connectivity index (χ1) is 7.99. The molecule has 0 spiro atoms. The molecule has 1 heterocycles. The zero-order chi connectivity index (χ0) is 12.8. The molecule has 2 unspecified atom stereocenters. The van der Waals surface area contributed by atoms with E-state index >= 15 is 0 Å². The van der Waals surface area contributed by atoms with Crippen molar-refractivity contribution in [1.29, 1.82) is 0 Å². The van der Waals surface area contributed by atoms with Crippen LogP contribution in [0.3, 0.4) is 0 Å². The third-order valence-corrected chi connectivity index (χ3v) is 3.03. The lowest BCUT2D eigenvalue weighted by atomic mass is 9.92. The SMILES string of the molecule is CC(=O)NNC(=O)CN1CCCC(C(C)N)C1. The van der Waals surface area contributed by atoms with Crippen molar-refractivity contribution >= 4 is 11.8 Å². The van der Waals surface area contributed by atoms with Gasteiger partial charge in [0.1, 0.15) is 0 Å². The predicted molar refractivity (Wildman–Crippen MR) is 64.8 cm³/mol. The summed E-state index contributed by atoms with van der Waals surface area (Å²) < 4.78 is 0. The molecule has 0 aromatic rings. The average molecular weight is 242 g/mol. The van der Waals surface area contributed by atoms with E-state index in [9.17, 15) is 9.59 Å². The summed E-state index contributed by atoms with van der Waals surface area (Å²) in [5.41, 5.74) is 10.5. The standard InChI is InChI=1S/C11H22N4O2/c1-8(12)10-4-3-5-15(6-10)7-11(17)14-13-9(2)16/h8,10H,3-7,12H2,1-2H3,(H,13,16)(H,14,17). The van der Waals surface area contributed by atoms with E-state index in [0.717, 1.165) is 25.9 Å². The Morgan fingerprint density at radius 1 is 1.47 bits per heavy atom. The second-order valence-electron chi connectivity index (χ2n) is 4.73. The van der Waals surface area contributed by atoms with Crippen molar-refractivity contribution < 1.29 is 9.59 Å². The van der Waals surface area contributed by atoms with E-state index in [4.69, 9.17) is 5.73 Å². The number of amides is 2. The van der Waals surface area contributed by atoms with Crippen LogP contribution in [0.2, 0.25) is 0 Å². The van der Waals surface area contributed by atoms with Crippen molar-refractivity contribution in [3.8, 4) is 0 Å². The Bertz CT molecular complexity index is 281. The molecule has 0 bridgehead atoms. The van der Waals surface area contributed by atoms with Crippen LogP contribution in [0, 0.1) is 5.92 Å². The fourth-order valence-electron chi connectivity index (χ4n) is 2.06. The Labute approximate surface area is 102 Å². The number of hydrazine groups is 1. The van der Waals surface area contributed by atoms with Gasteiger partial charge in [0.2, 0.25) is 5.91 Å². The summed E-state index contributed by atoms with van der Waals surface area (Å²) in [5, 5.41) is 0. The number of carbonyl (C=O) groups is 2. The highest BCUT2D eigenvalue weighted by molar-refractivity contribution is 5.81. The molecule has 1 aliphatic heterocycles. The minimum atomic E-state index is -0.273. The summed E-state index contributed by atoms with van der Waals surface area (Å²) in [4.78, 5) is 24.2. The van der Waals surface area contributed by atoms with Gasteiger partial charge >= 0.3 is 0 Å². The fourth-order valence-corrected chi connectivity index (χ4v) is 2.06. The van der Waals surface area contributed by atoms with Crippen molar-refractivity contribution in [3.63, 3.8) is 0 Å². The molecule has 98 valence electrons. The molecule has 6 heteroatoms. The van der Waals surface area contributed by atoms with Gasteiger partial charge in [0.25, 0.3) is 5.91 Å². The highest BCUT2D eigenvalue weighted by atomic mass is 16.2. The summed E-state index contributed by atoms with van der Waals surface area (Å²) in [7, 11) is 0. The van der Waals surface area contributed by atoms with Crippen molar-refractivity contribution in [2.75, 3.05) is 19.6 Å². The first kappa shape index (κ1) is 13.9. The van der Waals surface area contributed by atoms with Crippen molar-refractivity contribution in [2.45, 2.75) is 32.7 Å². The Balaban J connectivity index is 2.30. The van der Waals surface area contributed by atoms with Crippen LogP contribution in [-0.4, -0.2) is 42.4 Å². The maximum atomic E-state index is 11.5. The van der Waals surface area contributed by atoms with E-state index in [1.54, 1.807) is 0 Å². The van der Waals surface area contributed by atoms with E-state index in [2.05, 4.69) is 15.8 Å². The number of carbonyl (C=O) groups excluding carboxylic acids is 2. The quantitative estimate of drug-likeness (QED) is 0.566. The number of hydrogen-bond donors (Lipinski definition) is 3. The Morgan fingerprint density at radius 3 is 2.76 bits per heavy atom. The fraction of sp³-hybridized carbons (Fsp3) is 0.818. The lowest BCUT2D eigenvalue weighted by molar-refractivity contribution is -0.128. The van der Waals surface area contributed by atoms with Crippen LogP contribution in [0.1, 0.15) is 26.7 Å². The normalized spacial score (nSPS) is 22.9. The molecule has 1 fully saturated rings. The van der Waals surface area contributed by atoms with E-state index in [1.807, 2.05) is 6.92 Å². The van der Waals surface area contributed by atoms with Gasteiger partial charge in [-0.25, -0.2) is 0 Å². The van der Waals surface area contributed by atoms with Crippen molar-refractivity contribution in [3.05, 3.63) is 0 Å². The molecule has 2 atom stereocenters. The van der Waals surface area contributed by atoms with Crippen molar-refractivity contribution in [2.24, 2.45) is 11.7 Å². The summed E-state index contributed by atoms with van der Waals surface area (Å²) in [5.74, 6) is -0.00621. The third-order valence-electron chi connectivity index (χ3n) is 3.03. The summed E-state index contributed by atoms with van der Waals surface area (Å²) in [6, 6.07) is 0.163. The molecule has 17 heavy (non-hydrogen) atoms. The molecule has 0 aromatic heterocycles. The van der Waals surface area contributed by atoms with E-state index in [0.29, 0.717) is 12.5 Å². The largest absolute Gasteiger partial charge is 0.328 e. The molecule has 6 nitrogen and oxygen atoms in total. The van der Waals surface area contributed by atoms with Crippen LogP contribution in [0.5, 0.6) is 0 Å². The average Bonchev–Trinajstić information content (AvgIpc) is 2.26. The predicted octanol–water partition coefficient (Wildman–Crippen LogP) is -0.787. The van der Waals surface area contributed by atoms with E-state index in [-0.39, 0.29) is 17.9 Å². The number of nitrogens with zero attached hydrogens (tertiary/aromatic N) is 1. The van der Waals surface area contributed by atoms with Crippen LogP contribution < -0.4 is 16.6 Å². The van der Waals surface area contributed by atoms with Crippen LogP contribution in [-0.2, 0) is 9.59 Å². The summed E-state index contributed by atoms with van der Waals surface area (Å²) >= 11 is 0. The number of hydrogen-bond acceptors (Lipinski definition) is 4. The zero-order valence-electron chi connectivity index (χ0n) is 10.5. The molecule has 0 radical (unpaired) electrons. The second kappa shape index (κ2) is 6.56. The number of likely N-dealkylation sites (tertiary alicyclic amines) is 1. The summed E-state index contributed by atoms with van der Waals surface area (Å²) in [6.07, 6.45) is 2.20. The van der Waals surface area contributed by atoms with Gasteiger partial charge < -0.3 is 5.73 Å². The number of rotatable bonds is 3. The molecule has 1 aliphatic rings. The lowest BCUT2D eigenvalue weighted by Gasteiger charge is -2.34. The topological polar surface area (TPSA) is 87.5 Å². The molecule has 2 amide bonds. The Kier molecular flexibility index (Phi) is 5.37. The number of nitrogens with two attached hydrogens (primary N) is 1. The third kappa shape index (κ3) is 5.14. The van der Waals surface area contributed by atoms with Crippen LogP contribution >= 0.6 is 0 Å². The van der Waals surface area contributed by atoms with Gasteiger partial charge in [0.05, 0.1) is 6.54 Å². The molecule has 4 N–H and O–H groups in total. The molecular formula is C11H22N4O2. The molecule has 0 aromatic carbocycles. The van der Waals surface area contributed by atoms with Crippen LogP contribution in [0.25, 0.3) is 0 Å². The van der Waals surface area contributed by atoms with Gasteiger partial charge in [-0.1, -0.05) is 0 Å². The highest BCUT2D eigenvalue weighted by Crippen LogP contribution is 2.18. The van der Waals surface area contributed by atoms with Gasteiger partial charge in [-0.05, 0) is 32.2 Å². The van der Waals surface area contributed by atoms with Crippen LogP contribution in [0.4, 0.5) is 0 Å². The van der Waals surface area contributed by atoms with Gasteiger partial charge in [-0.15, -0.1) is 0 Å². The maximum absolute atomic E-state index is 11.5. The van der Waals surface area contributed by atoms with E-state index < -0.39 is 0 Å². The minimum Gasteiger partial charge on any atom is -0.328 e. The summed E-state index contributed by atoms with van der Waals surface area (Å²) in [6.45, 7) is 5.43. The molecule has 0 saturated carbocycles. The van der Waals surface area contributed by atoms with Gasteiger partial charge in [-0.2, -0.15) is 0 Å². The second-order valence-corrected chi connectivity index (χ2v) is 4.73. The first-order valence-corrected chi connectivity index (χ1v) is 6.02. The Hall–Kier alpha value is -1.14. The zero-order valence-corrected chi connectivity index (χ0v) is 10.5. The molecule has 1 rings (SSSR count). The highest BCUT2D eigenvalue weighted by Gasteiger charge is 2.23. The smallest absolute Gasteiger partial charge is 0.252 e. The van der Waals surface area contributed by atoms with Gasteiger partial charge in [-0.3, -0.25) is 25.3 Å². The molecule has 0 aliphatic carbocycles. The lowest BCUT2D eigenvalue weighted by Crippen LogP contribution is -2.49. The number of nitrogens with one attached hydrogen (secondary N) is 2. The van der Waals surface area contributed by atoms with Crippen LogP contribution in [0.15, 0.2) is 0 Å². The monoisotopic (exact) mass is 242 g/mol. The Morgan fingerprint density at radius 2 is 2.18 bits per heavy atom. The first-order valence-electron chi connectivity index (χ1n) is 6.02. The molecule has 1 saturated heterocycles. The van der Waals surface area contributed by atoms with Gasteiger partial charge in [0.15, 0.2) is 0 Å². The van der Waals surface area contributed by atoms with Gasteiger partial charge in [0, 0.05) is 19.5 Å². The van der Waals surface area contributed by atoms with E-state index in [1.165, 1.54) is 6.92 Å². The van der Waals surface area contributed by atoms with Crippen molar-refractivity contribution in [1.82, 2.24) is 15.8 Å². The maximum Gasteiger partial charge on any atom is 0.252 e. The number of piperidine rings is 1. The minimum absolute atomic E-state index is 0.163. The molecular weight excluding hydrogens is 220 g/mol.